The Morgan fingerprint density at radius 1 is 1.09 bits per heavy atom. The van der Waals surface area contributed by atoms with Crippen molar-refractivity contribution in [1.29, 1.82) is 0 Å². The predicted octanol–water partition coefficient (Wildman–Crippen LogP) is 3.59. The zero-order valence-corrected chi connectivity index (χ0v) is 12.2. The molecule has 114 valence electrons. The standard InChI is InChI=1S/C17H18N2O3/c18-13-5-4-12-2-1-3-17(16(12)11-6-13)22-15-9-7-14(8-10-15)19(20)21/h1-3,7-10,13H,4-6,11,18H2. The largest absolute Gasteiger partial charge is 0.457 e. The molecule has 0 saturated carbocycles. The monoisotopic (exact) mass is 298 g/mol. The third kappa shape index (κ3) is 3.09. The van der Waals surface area contributed by atoms with Crippen LogP contribution >= 0.6 is 0 Å². The molecule has 0 heterocycles. The van der Waals surface area contributed by atoms with Gasteiger partial charge in [0.2, 0.25) is 0 Å². The molecule has 1 atom stereocenters. The summed E-state index contributed by atoms with van der Waals surface area (Å²) in [7, 11) is 0. The van der Waals surface area contributed by atoms with Crippen molar-refractivity contribution >= 4 is 5.69 Å². The molecule has 22 heavy (non-hydrogen) atoms. The van der Waals surface area contributed by atoms with Crippen LogP contribution in [0.1, 0.15) is 24.0 Å². The van der Waals surface area contributed by atoms with Crippen LogP contribution in [0.15, 0.2) is 42.5 Å². The van der Waals surface area contributed by atoms with Crippen LogP contribution in [-0.2, 0) is 12.8 Å². The Labute approximate surface area is 128 Å². The van der Waals surface area contributed by atoms with Crippen molar-refractivity contribution in [3.8, 4) is 11.5 Å². The summed E-state index contributed by atoms with van der Waals surface area (Å²) in [5.41, 5.74) is 8.60. The Morgan fingerprint density at radius 3 is 2.55 bits per heavy atom. The van der Waals surface area contributed by atoms with E-state index in [4.69, 9.17) is 10.5 Å². The van der Waals surface area contributed by atoms with Crippen LogP contribution in [0.5, 0.6) is 11.5 Å². The highest BCUT2D eigenvalue weighted by molar-refractivity contribution is 5.45. The van der Waals surface area contributed by atoms with Gasteiger partial charge in [-0.1, -0.05) is 12.1 Å². The Bertz CT molecular complexity index is 683. The Balaban J connectivity index is 1.85. The number of nitro groups is 1. The first kappa shape index (κ1) is 14.5. The summed E-state index contributed by atoms with van der Waals surface area (Å²) in [5, 5.41) is 10.7. The van der Waals surface area contributed by atoms with Crippen molar-refractivity contribution in [2.24, 2.45) is 5.73 Å². The van der Waals surface area contributed by atoms with Crippen molar-refractivity contribution in [1.82, 2.24) is 0 Å². The number of ether oxygens (including phenoxy) is 1. The van der Waals surface area contributed by atoms with Crippen molar-refractivity contribution in [3.05, 3.63) is 63.7 Å². The molecule has 2 aromatic rings. The van der Waals surface area contributed by atoms with E-state index in [-0.39, 0.29) is 11.7 Å². The van der Waals surface area contributed by atoms with Gasteiger partial charge in [-0.2, -0.15) is 0 Å². The molecule has 2 N–H and O–H groups in total. The molecular formula is C17H18N2O3. The number of fused-ring (bicyclic) bond motifs is 1. The van der Waals surface area contributed by atoms with E-state index < -0.39 is 4.92 Å². The zero-order chi connectivity index (χ0) is 15.5. The Morgan fingerprint density at radius 2 is 1.82 bits per heavy atom. The molecule has 0 saturated heterocycles. The molecule has 0 bridgehead atoms. The highest BCUT2D eigenvalue weighted by Crippen LogP contribution is 2.32. The molecule has 0 aromatic heterocycles. The smallest absolute Gasteiger partial charge is 0.269 e. The maximum absolute atomic E-state index is 10.7. The van der Waals surface area contributed by atoms with E-state index in [0.717, 1.165) is 31.4 Å². The number of non-ortho nitro benzene ring substituents is 1. The average molecular weight is 298 g/mol. The van der Waals surface area contributed by atoms with Gasteiger partial charge < -0.3 is 10.5 Å². The minimum atomic E-state index is -0.417. The molecule has 5 heteroatoms. The number of rotatable bonds is 3. The van der Waals surface area contributed by atoms with Crippen molar-refractivity contribution in [2.75, 3.05) is 0 Å². The quantitative estimate of drug-likeness (QED) is 0.533. The number of hydrogen-bond acceptors (Lipinski definition) is 4. The number of aryl methyl sites for hydroxylation is 1. The fraction of sp³-hybridized carbons (Fsp3) is 0.294. The van der Waals surface area contributed by atoms with Crippen molar-refractivity contribution in [2.45, 2.75) is 31.7 Å². The molecule has 2 aromatic carbocycles. The van der Waals surface area contributed by atoms with Gasteiger partial charge in [0.25, 0.3) is 5.69 Å². The fourth-order valence-electron chi connectivity index (χ4n) is 2.80. The van der Waals surface area contributed by atoms with Crippen LogP contribution < -0.4 is 10.5 Å². The maximum Gasteiger partial charge on any atom is 0.269 e. The molecule has 0 radical (unpaired) electrons. The van der Waals surface area contributed by atoms with Gasteiger partial charge in [0.1, 0.15) is 11.5 Å². The molecule has 1 aliphatic rings. The minimum absolute atomic E-state index is 0.0604. The van der Waals surface area contributed by atoms with Gasteiger partial charge in [0.05, 0.1) is 4.92 Å². The lowest BCUT2D eigenvalue weighted by molar-refractivity contribution is -0.384. The first-order valence-corrected chi connectivity index (χ1v) is 7.42. The molecule has 0 amide bonds. The van der Waals surface area contributed by atoms with Gasteiger partial charge in [-0.15, -0.1) is 0 Å². The second-order valence-electron chi connectivity index (χ2n) is 5.58. The van der Waals surface area contributed by atoms with E-state index in [9.17, 15) is 10.1 Å². The van der Waals surface area contributed by atoms with Gasteiger partial charge in [-0.3, -0.25) is 10.1 Å². The van der Waals surface area contributed by atoms with Gasteiger partial charge in [-0.05, 0) is 55.0 Å². The highest BCUT2D eigenvalue weighted by atomic mass is 16.6. The number of nitrogens with zero attached hydrogens (tertiary/aromatic N) is 1. The van der Waals surface area contributed by atoms with E-state index in [1.807, 2.05) is 12.1 Å². The molecule has 0 fully saturated rings. The molecule has 0 aliphatic heterocycles. The number of nitro benzene ring substituents is 1. The highest BCUT2D eigenvalue weighted by Gasteiger charge is 2.17. The SMILES string of the molecule is NC1CCc2cccc(Oc3ccc([N+](=O)[O-])cc3)c2CC1. The summed E-state index contributed by atoms with van der Waals surface area (Å²) in [6, 6.07) is 12.4. The van der Waals surface area contributed by atoms with E-state index >= 15 is 0 Å². The first-order chi connectivity index (χ1) is 10.6. The Hall–Kier alpha value is -2.40. The summed E-state index contributed by atoms with van der Waals surface area (Å²) >= 11 is 0. The van der Waals surface area contributed by atoms with E-state index in [0.29, 0.717) is 5.75 Å². The molecule has 5 nitrogen and oxygen atoms in total. The van der Waals surface area contributed by atoms with Crippen molar-refractivity contribution in [3.63, 3.8) is 0 Å². The lowest BCUT2D eigenvalue weighted by Crippen LogP contribution is -2.19. The van der Waals surface area contributed by atoms with Crippen LogP contribution in [0.3, 0.4) is 0 Å². The third-order valence-electron chi connectivity index (χ3n) is 4.06. The zero-order valence-electron chi connectivity index (χ0n) is 12.2. The number of nitrogens with two attached hydrogens (primary N) is 1. The molecular weight excluding hydrogens is 280 g/mol. The third-order valence-corrected chi connectivity index (χ3v) is 4.06. The average Bonchev–Trinajstić information content (AvgIpc) is 2.71. The topological polar surface area (TPSA) is 78.4 Å². The molecule has 1 aliphatic carbocycles. The van der Waals surface area contributed by atoms with Crippen LogP contribution in [-0.4, -0.2) is 11.0 Å². The van der Waals surface area contributed by atoms with Gasteiger partial charge in [-0.25, -0.2) is 0 Å². The second kappa shape index (κ2) is 6.15. The lowest BCUT2D eigenvalue weighted by atomic mass is 10.0. The fourth-order valence-corrected chi connectivity index (χ4v) is 2.80. The van der Waals surface area contributed by atoms with Gasteiger partial charge >= 0.3 is 0 Å². The molecule has 0 spiro atoms. The normalized spacial score (nSPS) is 17.4. The van der Waals surface area contributed by atoms with E-state index in [2.05, 4.69) is 6.07 Å². The number of hydrogen-bond donors (Lipinski definition) is 1. The van der Waals surface area contributed by atoms with Gasteiger partial charge in [0, 0.05) is 18.2 Å². The Kier molecular flexibility index (Phi) is 4.06. The van der Waals surface area contributed by atoms with Crippen molar-refractivity contribution < 1.29 is 9.66 Å². The van der Waals surface area contributed by atoms with Gasteiger partial charge in [0.15, 0.2) is 0 Å². The second-order valence-corrected chi connectivity index (χ2v) is 5.58. The lowest BCUT2D eigenvalue weighted by Gasteiger charge is -2.13. The van der Waals surface area contributed by atoms with Crippen LogP contribution in [0, 0.1) is 10.1 Å². The summed E-state index contributed by atoms with van der Waals surface area (Å²) in [6.07, 6.45) is 3.81. The van der Waals surface area contributed by atoms with Crippen LogP contribution in [0.2, 0.25) is 0 Å². The summed E-state index contributed by atoms with van der Waals surface area (Å²) in [6.45, 7) is 0. The predicted molar refractivity (Wildman–Crippen MR) is 84.2 cm³/mol. The van der Waals surface area contributed by atoms with Crippen LogP contribution in [0.25, 0.3) is 0 Å². The van der Waals surface area contributed by atoms with E-state index in [1.165, 1.54) is 23.3 Å². The van der Waals surface area contributed by atoms with Crippen LogP contribution in [0.4, 0.5) is 5.69 Å². The molecule has 3 rings (SSSR count). The summed E-state index contributed by atoms with van der Waals surface area (Å²) in [4.78, 5) is 10.3. The van der Waals surface area contributed by atoms with E-state index in [1.54, 1.807) is 12.1 Å². The maximum atomic E-state index is 10.7. The summed E-state index contributed by atoms with van der Waals surface area (Å²) < 4.78 is 5.94. The molecule has 1 unspecified atom stereocenters. The number of benzene rings is 2. The summed E-state index contributed by atoms with van der Waals surface area (Å²) in [5.74, 6) is 1.42. The first-order valence-electron chi connectivity index (χ1n) is 7.42. The minimum Gasteiger partial charge on any atom is -0.457 e.